The van der Waals surface area contributed by atoms with E-state index in [1.165, 1.54) is 0 Å². The first kappa shape index (κ1) is 16.0. The second kappa shape index (κ2) is 5.90. The van der Waals surface area contributed by atoms with Gasteiger partial charge in [-0.3, -0.25) is 9.59 Å². The first-order valence-corrected chi connectivity index (χ1v) is 6.87. The molecule has 1 atom stereocenters. The predicted octanol–water partition coefficient (Wildman–Crippen LogP) is 2.08. The normalized spacial score (nSPS) is 20.6. The van der Waals surface area contributed by atoms with Crippen LogP contribution in [0.2, 0.25) is 0 Å². The molecule has 0 aliphatic heterocycles. The SMILES string of the molecule is CC(C)(C)OC(=O)C(N)C1(CC(=O)O)CCCCC1. The van der Waals surface area contributed by atoms with Gasteiger partial charge in [0.2, 0.25) is 0 Å². The molecule has 3 N–H and O–H groups in total. The Morgan fingerprint density at radius 2 is 1.79 bits per heavy atom. The molecular formula is C14H25NO4. The summed E-state index contributed by atoms with van der Waals surface area (Å²) >= 11 is 0. The minimum Gasteiger partial charge on any atom is -0.481 e. The molecule has 0 heterocycles. The van der Waals surface area contributed by atoms with Crippen LogP contribution in [0.5, 0.6) is 0 Å². The second-order valence-corrected chi connectivity index (χ2v) is 6.50. The summed E-state index contributed by atoms with van der Waals surface area (Å²) in [4.78, 5) is 23.2. The van der Waals surface area contributed by atoms with Gasteiger partial charge in [0.1, 0.15) is 11.6 Å². The molecule has 1 saturated carbocycles. The highest BCUT2D eigenvalue weighted by atomic mass is 16.6. The van der Waals surface area contributed by atoms with E-state index in [0.717, 1.165) is 19.3 Å². The van der Waals surface area contributed by atoms with Crippen molar-refractivity contribution >= 4 is 11.9 Å². The standard InChI is InChI=1S/C14H25NO4/c1-13(2,3)19-12(18)11(15)14(9-10(16)17)7-5-4-6-8-14/h11H,4-9,15H2,1-3H3,(H,16,17). The summed E-state index contributed by atoms with van der Waals surface area (Å²) in [5, 5.41) is 9.09. The van der Waals surface area contributed by atoms with Crippen LogP contribution in [0.4, 0.5) is 0 Å². The summed E-state index contributed by atoms with van der Waals surface area (Å²) in [7, 11) is 0. The average Bonchev–Trinajstić information content (AvgIpc) is 2.26. The molecule has 0 amide bonds. The fourth-order valence-corrected chi connectivity index (χ4v) is 2.77. The van der Waals surface area contributed by atoms with E-state index in [4.69, 9.17) is 15.6 Å². The van der Waals surface area contributed by atoms with E-state index in [1.54, 1.807) is 20.8 Å². The Balaban J connectivity index is 2.84. The van der Waals surface area contributed by atoms with Crippen molar-refractivity contribution in [2.75, 3.05) is 0 Å². The maximum absolute atomic E-state index is 12.1. The Kier molecular flexibility index (Phi) is 4.96. The quantitative estimate of drug-likeness (QED) is 0.764. The molecular weight excluding hydrogens is 246 g/mol. The monoisotopic (exact) mass is 271 g/mol. The summed E-state index contributed by atoms with van der Waals surface area (Å²) in [5.41, 5.74) is 4.79. The number of aliphatic carboxylic acids is 1. The number of carbonyl (C=O) groups is 2. The lowest BCUT2D eigenvalue weighted by molar-refractivity contribution is -0.162. The van der Waals surface area contributed by atoms with Crippen molar-refractivity contribution in [3.63, 3.8) is 0 Å². The van der Waals surface area contributed by atoms with Crippen LogP contribution >= 0.6 is 0 Å². The molecule has 0 spiro atoms. The number of esters is 1. The van der Waals surface area contributed by atoms with Crippen molar-refractivity contribution in [3.8, 4) is 0 Å². The number of hydrogen-bond donors (Lipinski definition) is 2. The van der Waals surface area contributed by atoms with Gasteiger partial charge in [0.05, 0.1) is 6.42 Å². The fraction of sp³-hybridized carbons (Fsp3) is 0.857. The molecule has 5 heteroatoms. The number of carbonyl (C=O) groups excluding carboxylic acids is 1. The molecule has 0 aromatic carbocycles. The van der Waals surface area contributed by atoms with E-state index >= 15 is 0 Å². The molecule has 0 radical (unpaired) electrons. The van der Waals surface area contributed by atoms with Crippen LogP contribution in [0.15, 0.2) is 0 Å². The number of rotatable bonds is 4. The van der Waals surface area contributed by atoms with Crippen LogP contribution < -0.4 is 5.73 Å². The second-order valence-electron chi connectivity index (χ2n) is 6.50. The van der Waals surface area contributed by atoms with Crippen LogP contribution in [-0.2, 0) is 14.3 Å². The van der Waals surface area contributed by atoms with E-state index in [-0.39, 0.29) is 6.42 Å². The zero-order valence-electron chi connectivity index (χ0n) is 12.1. The van der Waals surface area contributed by atoms with Crippen LogP contribution in [-0.4, -0.2) is 28.7 Å². The minimum absolute atomic E-state index is 0.0621. The van der Waals surface area contributed by atoms with Crippen molar-refractivity contribution < 1.29 is 19.4 Å². The maximum Gasteiger partial charge on any atom is 0.324 e. The molecule has 0 bridgehead atoms. The van der Waals surface area contributed by atoms with Crippen LogP contribution in [0.1, 0.15) is 59.3 Å². The van der Waals surface area contributed by atoms with Gasteiger partial charge in [-0.05, 0) is 33.6 Å². The van der Waals surface area contributed by atoms with Gasteiger partial charge in [-0.25, -0.2) is 0 Å². The smallest absolute Gasteiger partial charge is 0.324 e. The highest BCUT2D eigenvalue weighted by Gasteiger charge is 2.44. The predicted molar refractivity (Wildman–Crippen MR) is 71.6 cm³/mol. The number of carboxylic acids is 1. The van der Waals surface area contributed by atoms with Gasteiger partial charge in [0.15, 0.2) is 0 Å². The lowest BCUT2D eigenvalue weighted by atomic mass is 9.67. The van der Waals surface area contributed by atoms with Crippen molar-refractivity contribution in [3.05, 3.63) is 0 Å². The highest BCUT2D eigenvalue weighted by Crippen LogP contribution is 2.42. The van der Waals surface area contributed by atoms with Gasteiger partial charge in [0, 0.05) is 5.41 Å². The molecule has 0 aromatic heterocycles. The van der Waals surface area contributed by atoms with Crippen molar-refractivity contribution in [1.29, 1.82) is 0 Å². The molecule has 0 aromatic rings. The van der Waals surface area contributed by atoms with Gasteiger partial charge < -0.3 is 15.6 Å². The lowest BCUT2D eigenvalue weighted by Gasteiger charge is -2.40. The van der Waals surface area contributed by atoms with Gasteiger partial charge in [-0.2, -0.15) is 0 Å². The minimum atomic E-state index is -0.902. The third kappa shape index (κ3) is 4.49. The van der Waals surface area contributed by atoms with Crippen molar-refractivity contribution in [1.82, 2.24) is 0 Å². The average molecular weight is 271 g/mol. The topological polar surface area (TPSA) is 89.6 Å². The van der Waals surface area contributed by atoms with Crippen LogP contribution in [0.25, 0.3) is 0 Å². The molecule has 1 rings (SSSR count). The Morgan fingerprint density at radius 1 is 1.26 bits per heavy atom. The number of ether oxygens (including phenoxy) is 1. The van der Waals surface area contributed by atoms with Gasteiger partial charge in [-0.15, -0.1) is 0 Å². The van der Waals surface area contributed by atoms with Crippen LogP contribution in [0.3, 0.4) is 0 Å². The van der Waals surface area contributed by atoms with E-state index in [1.807, 2.05) is 0 Å². The molecule has 1 aliphatic rings. The zero-order chi connectivity index (χ0) is 14.7. The number of carboxylic acid groups (broad SMARTS) is 1. The van der Waals surface area contributed by atoms with Gasteiger partial charge in [-0.1, -0.05) is 19.3 Å². The van der Waals surface area contributed by atoms with E-state index in [0.29, 0.717) is 12.8 Å². The van der Waals surface area contributed by atoms with E-state index in [9.17, 15) is 9.59 Å². The summed E-state index contributed by atoms with van der Waals surface area (Å²) in [6.07, 6.45) is 4.21. The summed E-state index contributed by atoms with van der Waals surface area (Å²) in [6.45, 7) is 5.34. The van der Waals surface area contributed by atoms with E-state index in [2.05, 4.69) is 0 Å². The van der Waals surface area contributed by atoms with Crippen molar-refractivity contribution in [2.45, 2.75) is 70.9 Å². The maximum atomic E-state index is 12.1. The molecule has 1 unspecified atom stereocenters. The molecule has 110 valence electrons. The molecule has 1 fully saturated rings. The Morgan fingerprint density at radius 3 is 2.21 bits per heavy atom. The Hall–Kier alpha value is -1.10. The first-order chi connectivity index (χ1) is 8.66. The van der Waals surface area contributed by atoms with E-state index < -0.39 is 29.0 Å². The molecule has 0 saturated heterocycles. The Bertz CT molecular complexity index is 340. The zero-order valence-corrected chi connectivity index (χ0v) is 12.1. The highest BCUT2D eigenvalue weighted by molar-refractivity contribution is 5.79. The lowest BCUT2D eigenvalue weighted by Crippen LogP contribution is -2.51. The van der Waals surface area contributed by atoms with Crippen molar-refractivity contribution in [2.24, 2.45) is 11.1 Å². The number of hydrogen-bond acceptors (Lipinski definition) is 4. The largest absolute Gasteiger partial charge is 0.481 e. The summed E-state index contributed by atoms with van der Waals surface area (Å²) in [6, 6.07) is -0.858. The number of nitrogens with two attached hydrogens (primary N) is 1. The van der Waals surface area contributed by atoms with Crippen LogP contribution in [0, 0.1) is 5.41 Å². The third-order valence-corrected chi connectivity index (χ3v) is 3.67. The summed E-state index contributed by atoms with van der Waals surface area (Å²) in [5.74, 6) is -1.39. The van der Waals surface area contributed by atoms with Gasteiger partial charge in [0.25, 0.3) is 0 Å². The third-order valence-electron chi connectivity index (χ3n) is 3.67. The first-order valence-electron chi connectivity index (χ1n) is 6.87. The van der Waals surface area contributed by atoms with Gasteiger partial charge >= 0.3 is 11.9 Å². The Labute approximate surface area is 114 Å². The molecule has 1 aliphatic carbocycles. The molecule has 5 nitrogen and oxygen atoms in total. The summed E-state index contributed by atoms with van der Waals surface area (Å²) < 4.78 is 5.30. The fourth-order valence-electron chi connectivity index (χ4n) is 2.77. The molecule has 19 heavy (non-hydrogen) atoms.